The van der Waals surface area contributed by atoms with Gasteiger partial charge in [0.15, 0.2) is 0 Å². The first-order valence-electron chi connectivity index (χ1n) is 9.63. The Kier molecular flexibility index (Phi) is 6.11. The number of hydrogen-bond donors (Lipinski definition) is 0. The normalized spacial score (nSPS) is 20.0. The highest BCUT2D eigenvalue weighted by Crippen LogP contribution is 2.37. The number of hydrogen-bond acceptors (Lipinski definition) is 4. The number of carbonyl (C=O) groups excluding carboxylic acids is 3. The quantitative estimate of drug-likeness (QED) is 0.728. The number of rotatable bonds is 5. The fourth-order valence-electron chi connectivity index (χ4n) is 3.89. The van der Waals surface area contributed by atoms with Gasteiger partial charge < -0.3 is 14.5 Å². The maximum absolute atomic E-state index is 13.7. The molecule has 0 radical (unpaired) electrons. The predicted molar refractivity (Wildman–Crippen MR) is 101 cm³/mol. The first-order chi connectivity index (χ1) is 13.4. The third-order valence-electron chi connectivity index (χ3n) is 5.32. The molecule has 0 aliphatic carbocycles. The van der Waals surface area contributed by atoms with E-state index in [9.17, 15) is 18.8 Å². The summed E-state index contributed by atoms with van der Waals surface area (Å²) in [5, 5.41) is 0. The number of likely N-dealkylation sites (tertiary alicyclic amines) is 1. The average Bonchev–Trinajstić information content (AvgIpc) is 3.19. The van der Waals surface area contributed by atoms with Crippen LogP contribution >= 0.6 is 0 Å². The molecule has 0 bridgehead atoms. The second-order valence-electron chi connectivity index (χ2n) is 7.10. The van der Waals surface area contributed by atoms with E-state index in [0.717, 1.165) is 12.8 Å². The second kappa shape index (κ2) is 8.54. The molecule has 1 fully saturated rings. The first-order valence-corrected chi connectivity index (χ1v) is 9.63. The number of halogens is 1. The van der Waals surface area contributed by atoms with Crippen LogP contribution in [-0.2, 0) is 19.1 Å². The van der Waals surface area contributed by atoms with E-state index in [-0.39, 0.29) is 31.4 Å². The maximum atomic E-state index is 13.7. The standard InChI is InChI=1S/C21H25FN2O4/c1-3-28-21(27)20-14(2)24(13-19(26)23-9-4-5-10-23)18(25)12-17(20)15-7-6-8-16(22)11-15/h6-8,11,17H,3-5,9-10,12-13H2,1-2H3/t17-/m1/s1. The Bertz CT molecular complexity index is 814. The van der Waals surface area contributed by atoms with Crippen molar-refractivity contribution in [3.63, 3.8) is 0 Å². The fourth-order valence-corrected chi connectivity index (χ4v) is 3.89. The van der Waals surface area contributed by atoms with Gasteiger partial charge in [-0.25, -0.2) is 9.18 Å². The number of nitrogens with zero attached hydrogens (tertiary/aromatic N) is 2. The third kappa shape index (κ3) is 4.08. The van der Waals surface area contributed by atoms with Gasteiger partial charge in [0.2, 0.25) is 11.8 Å². The van der Waals surface area contributed by atoms with E-state index in [4.69, 9.17) is 4.74 Å². The monoisotopic (exact) mass is 388 g/mol. The molecule has 0 unspecified atom stereocenters. The summed E-state index contributed by atoms with van der Waals surface area (Å²) in [5.74, 6) is -1.96. The summed E-state index contributed by atoms with van der Waals surface area (Å²) in [6.45, 7) is 4.83. The van der Waals surface area contributed by atoms with E-state index in [2.05, 4.69) is 0 Å². The number of allylic oxidation sites excluding steroid dienone is 1. The van der Waals surface area contributed by atoms with E-state index in [1.54, 1.807) is 30.9 Å². The van der Waals surface area contributed by atoms with Crippen LogP contribution in [0.15, 0.2) is 35.5 Å². The van der Waals surface area contributed by atoms with Gasteiger partial charge >= 0.3 is 5.97 Å². The molecule has 7 heteroatoms. The summed E-state index contributed by atoms with van der Waals surface area (Å²) in [6.07, 6.45) is 1.91. The zero-order chi connectivity index (χ0) is 20.3. The van der Waals surface area contributed by atoms with Crippen LogP contribution in [-0.4, -0.2) is 53.8 Å². The zero-order valence-electron chi connectivity index (χ0n) is 16.2. The first kappa shape index (κ1) is 20.0. The van der Waals surface area contributed by atoms with Gasteiger partial charge in [-0.05, 0) is 44.4 Å². The van der Waals surface area contributed by atoms with Gasteiger partial charge in [0, 0.05) is 31.1 Å². The smallest absolute Gasteiger partial charge is 0.336 e. The number of esters is 1. The fraction of sp³-hybridized carbons (Fsp3) is 0.476. The molecule has 0 N–H and O–H groups in total. The van der Waals surface area contributed by atoms with Crippen LogP contribution in [0.4, 0.5) is 4.39 Å². The predicted octanol–water partition coefficient (Wildman–Crippen LogP) is 2.60. The molecule has 0 spiro atoms. The third-order valence-corrected chi connectivity index (χ3v) is 5.32. The summed E-state index contributed by atoms with van der Waals surface area (Å²) in [5.41, 5.74) is 1.25. The number of benzene rings is 1. The molecular formula is C21H25FN2O4. The minimum absolute atomic E-state index is 0.0117. The average molecular weight is 388 g/mol. The molecule has 2 aliphatic heterocycles. The Morgan fingerprint density at radius 1 is 1.25 bits per heavy atom. The van der Waals surface area contributed by atoms with Crippen molar-refractivity contribution >= 4 is 17.8 Å². The molecule has 2 amide bonds. The highest BCUT2D eigenvalue weighted by Gasteiger charge is 2.38. The molecule has 3 rings (SSSR count). The van der Waals surface area contributed by atoms with Gasteiger partial charge in [-0.15, -0.1) is 0 Å². The van der Waals surface area contributed by atoms with Gasteiger partial charge in [0.1, 0.15) is 12.4 Å². The molecule has 0 saturated carbocycles. The number of carbonyl (C=O) groups is 3. The summed E-state index contributed by atoms with van der Waals surface area (Å²) in [6, 6.07) is 5.89. The molecule has 150 valence electrons. The largest absolute Gasteiger partial charge is 0.463 e. The molecule has 2 heterocycles. The lowest BCUT2D eigenvalue weighted by molar-refractivity contribution is -0.142. The molecule has 1 aromatic rings. The minimum atomic E-state index is -0.597. The Labute approximate surface area is 163 Å². The van der Waals surface area contributed by atoms with Crippen molar-refractivity contribution in [2.24, 2.45) is 0 Å². The lowest BCUT2D eigenvalue weighted by Gasteiger charge is -2.34. The number of amides is 2. The summed E-state index contributed by atoms with van der Waals surface area (Å²) in [4.78, 5) is 41.1. The molecular weight excluding hydrogens is 363 g/mol. The van der Waals surface area contributed by atoms with Crippen LogP contribution in [0.25, 0.3) is 0 Å². The molecule has 1 atom stereocenters. The van der Waals surface area contributed by atoms with Gasteiger partial charge in [-0.2, -0.15) is 0 Å². The highest BCUT2D eigenvalue weighted by atomic mass is 19.1. The van der Waals surface area contributed by atoms with E-state index in [1.165, 1.54) is 17.0 Å². The van der Waals surface area contributed by atoms with Gasteiger partial charge in [0.25, 0.3) is 0 Å². The van der Waals surface area contributed by atoms with Crippen LogP contribution < -0.4 is 0 Å². The summed E-state index contributed by atoms with van der Waals surface area (Å²) >= 11 is 0. The summed E-state index contributed by atoms with van der Waals surface area (Å²) < 4.78 is 18.9. The molecule has 1 saturated heterocycles. The molecule has 0 aromatic heterocycles. The van der Waals surface area contributed by atoms with Crippen molar-refractivity contribution in [3.05, 3.63) is 46.9 Å². The highest BCUT2D eigenvalue weighted by molar-refractivity contribution is 5.97. The Morgan fingerprint density at radius 3 is 2.61 bits per heavy atom. The summed E-state index contributed by atoms with van der Waals surface area (Å²) in [7, 11) is 0. The van der Waals surface area contributed by atoms with Crippen LogP contribution in [0.1, 0.15) is 44.6 Å². The van der Waals surface area contributed by atoms with Gasteiger partial charge in [-0.3, -0.25) is 9.59 Å². The number of ether oxygens (including phenoxy) is 1. The molecule has 1 aromatic carbocycles. The van der Waals surface area contributed by atoms with E-state index >= 15 is 0 Å². The molecule has 2 aliphatic rings. The maximum Gasteiger partial charge on any atom is 0.336 e. The minimum Gasteiger partial charge on any atom is -0.463 e. The van der Waals surface area contributed by atoms with Crippen molar-refractivity contribution in [2.75, 3.05) is 26.2 Å². The van der Waals surface area contributed by atoms with Crippen LogP contribution in [0, 0.1) is 5.82 Å². The van der Waals surface area contributed by atoms with Crippen LogP contribution in [0.5, 0.6) is 0 Å². The van der Waals surface area contributed by atoms with E-state index in [0.29, 0.717) is 29.9 Å². The molecule has 28 heavy (non-hydrogen) atoms. The van der Waals surface area contributed by atoms with E-state index < -0.39 is 17.7 Å². The second-order valence-corrected chi connectivity index (χ2v) is 7.10. The van der Waals surface area contributed by atoms with Gasteiger partial charge in [0.05, 0.1) is 12.2 Å². The van der Waals surface area contributed by atoms with Crippen molar-refractivity contribution in [1.29, 1.82) is 0 Å². The molecule has 6 nitrogen and oxygen atoms in total. The zero-order valence-corrected chi connectivity index (χ0v) is 16.2. The Balaban J connectivity index is 1.95. The lowest BCUT2D eigenvalue weighted by atomic mass is 9.83. The SMILES string of the molecule is CCOC(=O)C1=C(C)N(CC(=O)N2CCCC2)C(=O)C[C@@H]1c1cccc(F)c1. The van der Waals surface area contributed by atoms with Crippen molar-refractivity contribution in [3.8, 4) is 0 Å². The van der Waals surface area contributed by atoms with E-state index in [1.807, 2.05) is 0 Å². The van der Waals surface area contributed by atoms with Crippen molar-refractivity contribution in [2.45, 2.75) is 39.0 Å². The van der Waals surface area contributed by atoms with Crippen LogP contribution in [0.2, 0.25) is 0 Å². The van der Waals surface area contributed by atoms with Crippen molar-refractivity contribution < 1.29 is 23.5 Å². The lowest BCUT2D eigenvalue weighted by Crippen LogP contribution is -2.44. The van der Waals surface area contributed by atoms with Crippen LogP contribution in [0.3, 0.4) is 0 Å². The Morgan fingerprint density at radius 2 is 1.96 bits per heavy atom. The Hall–Kier alpha value is -2.70. The van der Waals surface area contributed by atoms with Crippen molar-refractivity contribution in [1.82, 2.24) is 9.80 Å². The van der Waals surface area contributed by atoms with Gasteiger partial charge in [-0.1, -0.05) is 12.1 Å². The topological polar surface area (TPSA) is 66.9 Å².